The lowest BCUT2D eigenvalue weighted by molar-refractivity contribution is 0.0953. The van der Waals surface area contributed by atoms with Crippen LogP contribution < -0.4 is 10.0 Å². The molecule has 0 spiro atoms. The van der Waals surface area contributed by atoms with Crippen molar-refractivity contribution < 1.29 is 13.2 Å². The average molecular weight is 429 g/mol. The van der Waals surface area contributed by atoms with E-state index in [2.05, 4.69) is 10.0 Å². The Balaban J connectivity index is 1.65. The minimum absolute atomic E-state index is 0.0501. The second kappa shape index (κ2) is 9.58. The minimum Gasteiger partial charge on any atom is -0.352 e. The number of anilines is 1. The summed E-state index contributed by atoms with van der Waals surface area (Å²) in [6, 6.07) is 22.7. The largest absolute Gasteiger partial charge is 0.352 e. The Morgan fingerprint density at radius 3 is 2.24 bits per heavy atom. The first-order chi connectivity index (χ1) is 14.0. The fraction of sp³-hybridized carbons (Fsp3) is 0.136. The number of benzene rings is 3. The standard InChI is InChI=1S/C22H21ClN2O3S/c23-20-14-13-18(22(26)24-15-7-10-17-8-3-1-4-9-17)16-21(20)29(27,28)25-19-11-5-2-6-12-19/h1-6,8-9,11-14,16,25H,7,10,15H2,(H,24,26). The predicted octanol–water partition coefficient (Wildman–Crippen LogP) is 4.50. The number of nitrogens with one attached hydrogen (secondary N) is 2. The molecule has 0 bridgehead atoms. The van der Waals surface area contributed by atoms with E-state index in [-0.39, 0.29) is 21.4 Å². The van der Waals surface area contributed by atoms with Gasteiger partial charge in [0.1, 0.15) is 4.90 Å². The number of sulfonamides is 1. The molecule has 2 N–H and O–H groups in total. The molecular formula is C22H21ClN2O3S. The molecule has 1 amide bonds. The number of halogens is 1. The van der Waals surface area contributed by atoms with E-state index >= 15 is 0 Å². The van der Waals surface area contributed by atoms with Gasteiger partial charge in [0.05, 0.1) is 5.02 Å². The van der Waals surface area contributed by atoms with Crippen LogP contribution in [0.25, 0.3) is 0 Å². The molecule has 0 fully saturated rings. The van der Waals surface area contributed by atoms with Crippen molar-refractivity contribution in [1.29, 1.82) is 0 Å². The Morgan fingerprint density at radius 1 is 0.897 bits per heavy atom. The lowest BCUT2D eigenvalue weighted by Crippen LogP contribution is -2.25. The van der Waals surface area contributed by atoms with Crippen molar-refractivity contribution in [2.24, 2.45) is 0 Å². The fourth-order valence-corrected chi connectivity index (χ4v) is 4.39. The molecule has 0 aromatic heterocycles. The lowest BCUT2D eigenvalue weighted by Gasteiger charge is -2.11. The van der Waals surface area contributed by atoms with Gasteiger partial charge >= 0.3 is 0 Å². The summed E-state index contributed by atoms with van der Waals surface area (Å²) in [6.07, 6.45) is 1.63. The molecule has 0 radical (unpaired) electrons. The van der Waals surface area contributed by atoms with Gasteiger partial charge in [-0.15, -0.1) is 0 Å². The highest BCUT2D eigenvalue weighted by molar-refractivity contribution is 7.92. The van der Waals surface area contributed by atoms with Crippen molar-refractivity contribution in [2.75, 3.05) is 11.3 Å². The third-order valence-corrected chi connectivity index (χ3v) is 6.14. The first kappa shape index (κ1) is 20.9. The van der Waals surface area contributed by atoms with Gasteiger partial charge in [-0.05, 0) is 48.7 Å². The van der Waals surface area contributed by atoms with Crippen molar-refractivity contribution in [3.8, 4) is 0 Å². The molecular weight excluding hydrogens is 408 g/mol. The van der Waals surface area contributed by atoms with E-state index in [0.29, 0.717) is 12.2 Å². The molecule has 29 heavy (non-hydrogen) atoms. The number of amides is 1. The van der Waals surface area contributed by atoms with Crippen LogP contribution in [0.3, 0.4) is 0 Å². The Kier molecular flexibility index (Phi) is 6.90. The highest BCUT2D eigenvalue weighted by Gasteiger charge is 2.20. The molecule has 0 aliphatic carbocycles. The van der Waals surface area contributed by atoms with Crippen LogP contribution in [0.1, 0.15) is 22.3 Å². The number of carbonyl (C=O) groups is 1. The molecule has 0 saturated heterocycles. The van der Waals surface area contributed by atoms with E-state index < -0.39 is 10.0 Å². The van der Waals surface area contributed by atoms with Gasteiger partial charge in [0.2, 0.25) is 0 Å². The molecule has 3 rings (SSSR count). The van der Waals surface area contributed by atoms with E-state index in [1.165, 1.54) is 23.8 Å². The smallest absolute Gasteiger partial charge is 0.263 e. The molecule has 0 heterocycles. The van der Waals surface area contributed by atoms with Crippen molar-refractivity contribution in [1.82, 2.24) is 5.32 Å². The van der Waals surface area contributed by atoms with E-state index in [1.807, 2.05) is 30.3 Å². The maximum absolute atomic E-state index is 12.7. The van der Waals surface area contributed by atoms with E-state index in [0.717, 1.165) is 12.8 Å². The molecule has 150 valence electrons. The minimum atomic E-state index is -3.92. The van der Waals surface area contributed by atoms with E-state index in [4.69, 9.17) is 11.6 Å². The Morgan fingerprint density at radius 2 is 1.55 bits per heavy atom. The van der Waals surface area contributed by atoms with Gasteiger partial charge in [0, 0.05) is 17.8 Å². The second-order valence-electron chi connectivity index (χ2n) is 6.46. The molecule has 0 aliphatic rings. The lowest BCUT2D eigenvalue weighted by atomic mass is 10.1. The zero-order chi connectivity index (χ0) is 20.7. The van der Waals surface area contributed by atoms with Crippen LogP contribution in [0.4, 0.5) is 5.69 Å². The molecule has 3 aromatic carbocycles. The van der Waals surface area contributed by atoms with Crippen molar-refractivity contribution in [3.05, 3.63) is 95.0 Å². The monoisotopic (exact) mass is 428 g/mol. The molecule has 0 aliphatic heterocycles. The maximum atomic E-state index is 12.7. The summed E-state index contributed by atoms with van der Waals surface area (Å²) in [4.78, 5) is 12.3. The van der Waals surface area contributed by atoms with Crippen molar-refractivity contribution in [3.63, 3.8) is 0 Å². The summed E-state index contributed by atoms with van der Waals surface area (Å²) < 4.78 is 27.8. The summed E-state index contributed by atoms with van der Waals surface area (Å²) in [5, 5.41) is 2.87. The Labute approximate surface area is 175 Å². The normalized spacial score (nSPS) is 11.1. The van der Waals surface area contributed by atoms with Gasteiger partial charge in [-0.3, -0.25) is 9.52 Å². The molecule has 0 atom stereocenters. The second-order valence-corrected chi connectivity index (χ2v) is 8.52. The van der Waals surface area contributed by atoms with Crippen LogP contribution in [0, 0.1) is 0 Å². The van der Waals surface area contributed by atoms with Crippen LogP contribution in [-0.2, 0) is 16.4 Å². The molecule has 3 aromatic rings. The van der Waals surface area contributed by atoms with E-state index in [1.54, 1.807) is 30.3 Å². The van der Waals surface area contributed by atoms with Crippen molar-refractivity contribution in [2.45, 2.75) is 17.7 Å². The van der Waals surface area contributed by atoms with Crippen LogP contribution in [0.5, 0.6) is 0 Å². The van der Waals surface area contributed by atoms with Gasteiger partial charge in [-0.1, -0.05) is 60.1 Å². The number of rotatable bonds is 8. The highest BCUT2D eigenvalue weighted by atomic mass is 35.5. The molecule has 0 saturated carbocycles. The SMILES string of the molecule is O=C(NCCCc1ccccc1)c1ccc(Cl)c(S(=O)(=O)Nc2ccccc2)c1. The summed E-state index contributed by atoms with van der Waals surface area (Å²) in [5.41, 5.74) is 1.86. The third kappa shape index (κ3) is 5.82. The average Bonchev–Trinajstić information content (AvgIpc) is 2.72. The maximum Gasteiger partial charge on any atom is 0.263 e. The van der Waals surface area contributed by atoms with E-state index in [9.17, 15) is 13.2 Å². The molecule has 0 unspecified atom stereocenters. The number of hydrogen-bond donors (Lipinski definition) is 2. The van der Waals surface area contributed by atoms with Gasteiger partial charge in [-0.2, -0.15) is 0 Å². The number of aryl methyl sites for hydroxylation is 1. The summed E-state index contributed by atoms with van der Waals surface area (Å²) in [5.74, 6) is -0.342. The van der Waals surface area contributed by atoms with Gasteiger partial charge < -0.3 is 5.32 Å². The first-order valence-corrected chi connectivity index (χ1v) is 11.0. The van der Waals surface area contributed by atoms with Crippen LogP contribution in [0.2, 0.25) is 5.02 Å². The topological polar surface area (TPSA) is 75.3 Å². The summed E-state index contributed by atoms with van der Waals surface area (Å²) in [7, 11) is -3.92. The number of carbonyl (C=O) groups excluding carboxylic acids is 1. The first-order valence-electron chi connectivity index (χ1n) is 9.15. The van der Waals surface area contributed by atoms with Crippen LogP contribution in [-0.4, -0.2) is 20.9 Å². The van der Waals surface area contributed by atoms with Gasteiger partial charge in [-0.25, -0.2) is 8.42 Å². The number of para-hydroxylation sites is 1. The third-order valence-electron chi connectivity index (χ3n) is 4.28. The zero-order valence-electron chi connectivity index (χ0n) is 15.6. The number of hydrogen-bond acceptors (Lipinski definition) is 3. The van der Waals surface area contributed by atoms with Gasteiger partial charge in [0.15, 0.2) is 0 Å². The Hall–Kier alpha value is -2.83. The van der Waals surface area contributed by atoms with Crippen LogP contribution in [0.15, 0.2) is 83.8 Å². The molecule has 7 heteroatoms. The fourth-order valence-electron chi connectivity index (χ4n) is 2.81. The zero-order valence-corrected chi connectivity index (χ0v) is 17.2. The Bertz CT molecular complexity index is 1070. The van der Waals surface area contributed by atoms with Crippen LogP contribution >= 0.6 is 11.6 Å². The van der Waals surface area contributed by atoms with Gasteiger partial charge in [0.25, 0.3) is 15.9 Å². The molecule has 5 nitrogen and oxygen atoms in total. The highest BCUT2D eigenvalue weighted by Crippen LogP contribution is 2.25. The summed E-state index contributed by atoms with van der Waals surface area (Å²) in [6.45, 7) is 0.487. The quantitative estimate of drug-likeness (QED) is 0.518. The summed E-state index contributed by atoms with van der Waals surface area (Å²) >= 11 is 6.10. The van der Waals surface area contributed by atoms with Crippen molar-refractivity contribution >= 4 is 33.2 Å². The predicted molar refractivity (Wildman–Crippen MR) is 116 cm³/mol.